The molecule has 0 amide bonds. The SMILES string of the molecule is CCC(C)(C)c1ccc(-c2ccncc2)cc1. The van der Waals surface area contributed by atoms with Gasteiger partial charge in [0.2, 0.25) is 0 Å². The van der Waals surface area contributed by atoms with Crippen LogP contribution in [0.15, 0.2) is 48.8 Å². The molecule has 0 N–H and O–H groups in total. The van der Waals surface area contributed by atoms with Gasteiger partial charge in [0.05, 0.1) is 0 Å². The summed E-state index contributed by atoms with van der Waals surface area (Å²) in [5, 5.41) is 0. The summed E-state index contributed by atoms with van der Waals surface area (Å²) < 4.78 is 0. The first kappa shape index (κ1) is 11.8. The van der Waals surface area contributed by atoms with Crippen LogP contribution in [0.1, 0.15) is 32.8 Å². The maximum absolute atomic E-state index is 4.04. The van der Waals surface area contributed by atoms with Crippen LogP contribution in [0.4, 0.5) is 0 Å². The highest BCUT2D eigenvalue weighted by Crippen LogP contribution is 2.28. The minimum atomic E-state index is 0.261. The topological polar surface area (TPSA) is 12.9 Å². The molecule has 0 fully saturated rings. The van der Waals surface area contributed by atoms with Crippen molar-refractivity contribution in [3.05, 3.63) is 54.4 Å². The molecule has 0 atom stereocenters. The summed E-state index contributed by atoms with van der Waals surface area (Å²) >= 11 is 0. The van der Waals surface area contributed by atoms with Gasteiger partial charge in [-0.25, -0.2) is 0 Å². The third kappa shape index (κ3) is 2.55. The molecule has 0 bridgehead atoms. The van der Waals surface area contributed by atoms with Gasteiger partial charge in [-0.2, -0.15) is 0 Å². The number of aromatic nitrogens is 1. The summed E-state index contributed by atoms with van der Waals surface area (Å²) in [4.78, 5) is 4.04. The lowest BCUT2D eigenvalue weighted by Crippen LogP contribution is -2.14. The third-order valence-electron chi connectivity index (χ3n) is 3.56. The first-order valence-corrected chi connectivity index (χ1v) is 6.14. The molecule has 0 aliphatic rings. The molecule has 1 aromatic carbocycles. The second kappa shape index (κ2) is 4.70. The van der Waals surface area contributed by atoms with Crippen molar-refractivity contribution >= 4 is 0 Å². The molecule has 1 nitrogen and oxygen atoms in total. The molecule has 2 aromatic rings. The van der Waals surface area contributed by atoms with Gasteiger partial charge in [-0.1, -0.05) is 45.0 Å². The number of pyridine rings is 1. The fourth-order valence-electron chi connectivity index (χ4n) is 1.86. The Bertz CT molecular complexity index is 469. The number of rotatable bonds is 3. The van der Waals surface area contributed by atoms with E-state index < -0.39 is 0 Å². The van der Waals surface area contributed by atoms with Crippen LogP contribution in [-0.4, -0.2) is 4.98 Å². The van der Waals surface area contributed by atoms with E-state index in [0.717, 1.165) is 6.42 Å². The van der Waals surface area contributed by atoms with Crippen LogP contribution < -0.4 is 0 Å². The monoisotopic (exact) mass is 225 g/mol. The summed E-state index contributed by atoms with van der Waals surface area (Å²) in [5.74, 6) is 0. The normalized spacial score (nSPS) is 11.5. The minimum Gasteiger partial charge on any atom is -0.265 e. The lowest BCUT2D eigenvalue weighted by atomic mass is 9.82. The standard InChI is InChI=1S/C16H19N/c1-4-16(2,3)15-7-5-13(6-8-15)14-9-11-17-12-10-14/h5-12H,4H2,1-3H3. The molecule has 0 aliphatic carbocycles. The van der Waals surface area contributed by atoms with E-state index in [1.807, 2.05) is 24.5 Å². The van der Waals surface area contributed by atoms with Crippen molar-refractivity contribution in [2.24, 2.45) is 0 Å². The molecule has 0 saturated heterocycles. The fraction of sp³-hybridized carbons (Fsp3) is 0.312. The molecular formula is C16H19N. The average Bonchev–Trinajstić information content (AvgIpc) is 2.40. The van der Waals surface area contributed by atoms with Crippen molar-refractivity contribution in [1.82, 2.24) is 4.98 Å². The van der Waals surface area contributed by atoms with Gasteiger partial charge in [-0.3, -0.25) is 4.98 Å². The van der Waals surface area contributed by atoms with Crippen LogP contribution in [0, 0.1) is 0 Å². The van der Waals surface area contributed by atoms with E-state index in [0.29, 0.717) is 0 Å². The van der Waals surface area contributed by atoms with Crippen LogP contribution >= 0.6 is 0 Å². The van der Waals surface area contributed by atoms with E-state index in [-0.39, 0.29) is 5.41 Å². The Morgan fingerprint density at radius 2 is 1.41 bits per heavy atom. The smallest absolute Gasteiger partial charge is 0.0273 e. The van der Waals surface area contributed by atoms with E-state index in [1.165, 1.54) is 16.7 Å². The average molecular weight is 225 g/mol. The largest absolute Gasteiger partial charge is 0.265 e. The molecule has 17 heavy (non-hydrogen) atoms. The zero-order chi connectivity index (χ0) is 12.3. The van der Waals surface area contributed by atoms with Gasteiger partial charge < -0.3 is 0 Å². The fourth-order valence-corrected chi connectivity index (χ4v) is 1.86. The Balaban J connectivity index is 2.31. The molecular weight excluding hydrogens is 206 g/mol. The molecule has 1 heteroatoms. The van der Waals surface area contributed by atoms with E-state index >= 15 is 0 Å². The van der Waals surface area contributed by atoms with Gasteiger partial charge in [-0.05, 0) is 40.7 Å². The van der Waals surface area contributed by atoms with E-state index in [2.05, 4.69) is 50.0 Å². The molecule has 88 valence electrons. The van der Waals surface area contributed by atoms with Crippen molar-refractivity contribution in [3.8, 4) is 11.1 Å². The predicted molar refractivity (Wildman–Crippen MR) is 73.0 cm³/mol. The van der Waals surface area contributed by atoms with Gasteiger partial charge in [0.1, 0.15) is 0 Å². The van der Waals surface area contributed by atoms with Crippen LogP contribution in [-0.2, 0) is 5.41 Å². The third-order valence-corrected chi connectivity index (χ3v) is 3.56. The Hall–Kier alpha value is -1.63. The Morgan fingerprint density at radius 3 is 1.94 bits per heavy atom. The summed E-state index contributed by atoms with van der Waals surface area (Å²) in [6, 6.07) is 12.9. The lowest BCUT2D eigenvalue weighted by Gasteiger charge is -2.23. The van der Waals surface area contributed by atoms with E-state index in [4.69, 9.17) is 0 Å². The number of hydrogen-bond donors (Lipinski definition) is 0. The maximum Gasteiger partial charge on any atom is 0.0273 e. The second-order valence-electron chi connectivity index (χ2n) is 5.05. The highest BCUT2D eigenvalue weighted by atomic mass is 14.6. The second-order valence-corrected chi connectivity index (χ2v) is 5.05. The summed E-state index contributed by atoms with van der Waals surface area (Å²) in [6.45, 7) is 6.81. The van der Waals surface area contributed by atoms with Crippen LogP contribution in [0.5, 0.6) is 0 Å². The maximum atomic E-state index is 4.04. The van der Waals surface area contributed by atoms with Gasteiger partial charge in [0.15, 0.2) is 0 Å². The van der Waals surface area contributed by atoms with Crippen molar-refractivity contribution in [2.75, 3.05) is 0 Å². The molecule has 0 aliphatic heterocycles. The molecule has 0 unspecified atom stereocenters. The van der Waals surface area contributed by atoms with Crippen LogP contribution in [0.3, 0.4) is 0 Å². The van der Waals surface area contributed by atoms with Crippen molar-refractivity contribution in [1.29, 1.82) is 0 Å². The highest BCUT2D eigenvalue weighted by Gasteiger charge is 2.17. The molecule has 1 heterocycles. The van der Waals surface area contributed by atoms with E-state index in [9.17, 15) is 0 Å². The summed E-state index contributed by atoms with van der Waals surface area (Å²) in [5.41, 5.74) is 4.14. The lowest BCUT2D eigenvalue weighted by molar-refractivity contribution is 0.506. The number of nitrogens with zero attached hydrogens (tertiary/aromatic N) is 1. The van der Waals surface area contributed by atoms with Gasteiger partial charge in [-0.15, -0.1) is 0 Å². The first-order chi connectivity index (χ1) is 8.13. The molecule has 2 rings (SSSR count). The Morgan fingerprint density at radius 1 is 0.882 bits per heavy atom. The zero-order valence-electron chi connectivity index (χ0n) is 10.8. The highest BCUT2D eigenvalue weighted by molar-refractivity contribution is 5.63. The zero-order valence-corrected chi connectivity index (χ0v) is 10.8. The predicted octanol–water partition coefficient (Wildman–Crippen LogP) is 4.44. The van der Waals surface area contributed by atoms with Crippen LogP contribution in [0.25, 0.3) is 11.1 Å². The number of hydrogen-bond acceptors (Lipinski definition) is 1. The van der Waals surface area contributed by atoms with Crippen LogP contribution in [0.2, 0.25) is 0 Å². The molecule has 0 spiro atoms. The summed E-state index contributed by atoms with van der Waals surface area (Å²) in [6.07, 6.45) is 4.82. The summed E-state index contributed by atoms with van der Waals surface area (Å²) in [7, 11) is 0. The van der Waals surface area contributed by atoms with Gasteiger partial charge in [0.25, 0.3) is 0 Å². The van der Waals surface area contributed by atoms with Crippen molar-refractivity contribution in [2.45, 2.75) is 32.6 Å². The quantitative estimate of drug-likeness (QED) is 0.752. The Labute approximate surface area is 104 Å². The van der Waals surface area contributed by atoms with E-state index in [1.54, 1.807) is 0 Å². The van der Waals surface area contributed by atoms with Gasteiger partial charge >= 0.3 is 0 Å². The first-order valence-electron chi connectivity index (χ1n) is 6.14. The van der Waals surface area contributed by atoms with Crippen molar-refractivity contribution in [3.63, 3.8) is 0 Å². The Kier molecular flexibility index (Phi) is 3.28. The minimum absolute atomic E-state index is 0.261. The number of benzene rings is 1. The molecule has 0 radical (unpaired) electrons. The molecule has 0 saturated carbocycles. The van der Waals surface area contributed by atoms with Crippen molar-refractivity contribution < 1.29 is 0 Å². The van der Waals surface area contributed by atoms with Gasteiger partial charge in [0, 0.05) is 12.4 Å². The molecule has 1 aromatic heterocycles.